The average molecular weight is 479 g/mol. The van der Waals surface area contributed by atoms with Gasteiger partial charge in [-0.1, -0.05) is 53.7 Å². The van der Waals surface area contributed by atoms with E-state index >= 15 is 0 Å². The molecule has 194 valence electrons. The molecule has 0 aromatic heterocycles. The zero-order valence-electron chi connectivity index (χ0n) is 22.6. The lowest BCUT2D eigenvalue weighted by atomic mass is 9.70. The Balaban J connectivity index is 2.51. The third-order valence-corrected chi connectivity index (χ3v) is 6.82. The fraction of sp³-hybridized carbons (Fsp3) is 0.815. The Morgan fingerprint density at radius 3 is 2.29 bits per heavy atom. The maximum Gasteiger partial charge on any atom is 0.310 e. The molecule has 0 bridgehead atoms. The van der Waals surface area contributed by atoms with Crippen LogP contribution in [0.1, 0.15) is 75.2 Å². The highest BCUT2D eigenvalue weighted by atomic mass is 16.5. The third kappa shape index (κ3) is 6.41. The van der Waals surface area contributed by atoms with Crippen molar-refractivity contribution in [2.45, 2.75) is 92.8 Å². The lowest BCUT2D eigenvalue weighted by molar-refractivity contribution is -0.156. The molecule has 6 atom stereocenters. The highest BCUT2D eigenvalue weighted by Gasteiger charge is 2.58. The van der Waals surface area contributed by atoms with Crippen LogP contribution in [0.3, 0.4) is 0 Å². The van der Waals surface area contributed by atoms with Crippen molar-refractivity contribution in [1.82, 2.24) is 10.2 Å². The molecule has 1 fully saturated rings. The summed E-state index contributed by atoms with van der Waals surface area (Å²) in [7, 11) is 0. The second-order valence-electron chi connectivity index (χ2n) is 12.4. The zero-order valence-corrected chi connectivity index (χ0v) is 22.6. The largest absolute Gasteiger partial charge is 0.466 e. The molecule has 2 rings (SSSR count). The topological polar surface area (TPSA) is 95.9 Å². The highest BCUT2D eigenvalue weighted by Crippen LogP contribution is 2.45. The molecular formula is C27H46N2O5. The molecule has 1 heterocycles. The Labute approximate surface area is 205 Å². The number of ether oxygens (including phenoxy) is 1. The molecule has 2 aliphatic rings. The molecule has 7 heteroatoms. The van der Waals surface area contributed by atoms with Gasteiger partial charge in [-0.15, -0.1) is 0 Å². The monoisotopic (exact) mass is 478 g/mol. The number of fused-ring (bicyclic) bond motifs is 1. The van der Waals surface area contributed by atoms with Crippen molar-refractivity contribution in [1.29, 1.82) is 0 Å². The van der Waals surface area contributed by atoms with Gasteiger partial charge in [-0.3, -0.25) is 14.4 Å². The zero-order chi connectivity index (χ0) is 26.0. The predicted molar refractivity (Wildman–Crippen MR) is 133 cm³/mol. The number of esters is 1. The minimum Gasteiger partial charge on any atom is -0.466 e. The first kappa shape index (κ1) is 28.3. The van der Waals surface area contributed by atoms with Crippen molar-refractivity contribution in [2.24, 2.45) is 35.0 Å². The van der Waals surface area contributed by atoms with Crippen LogP contribution in [-0.4, -0.2) is 58.6 Å². The summed E-state index contributed by atoms with van der Waals surface area (Å²) >= 11 is 0. The molecule has 0 unspecified atom stereocenters. The van der Waals surface area contributed by atoms with Gasteiger partial charge in [-0.05, 0) is 50.9 Å². The molecule has 0 radical (unpaired) electrons. The second kappa shape index (κ2) is 10.8. The number of carbonyl (C=O) groups excluding carboxylic acids is 3. The Morgan fingerprint density at radius 2 is 1.79 bits per heavy atom. The Kier molecular flexibility index (Phi) is 9.00. The maximum atomic E-state index is 13.9. The molecule has 1 aliphatic heterocycles. The van der Waals surface area contributed by atoms with Crippen molar-refractivity contribution in [2.75, 3.05) is 13.2 Å². The quantitative estimate of drug-likeness (QED) is 0.390. The van der Waals surface area contributed by atoms with Gasteiger partial charge in [0.2, 0.25) is 11.8 Å². The average Bonchev–Trinajstić information content (AvgIpc) is 2.96. The van der Waals surface area contributed by atoms with Crippen LogP contribution in [0.15, 0.2) is 12.2 Å². The van der Waals surface area contributed by atoms with Gasteiger partial charge >= 0.3 is 5.97 Å². The molecule has 1 aliphatic carbocycles. The fourth-order valence-corrected chi connectivity index (χ4v) is 6.13. The summed E-state index contributed by atoms with van der Waals surface area (Å²) in [4.78, 5) is 42.2. The number of carbonyl (C=O) groups is 3. The molecule has 0 spiro atoms. The van der Waals surface area contributed by atoms with Crippen LogP contribution in [0, 0.1) is 35.0 Å². The molecule has 34 heavy (non-hydrogen) atoms. The Morgan fingerprint density at radius 1 is 1.18 bits per heavy atom. The molecule has 0 aromatic rings. The van der Waals surface area contributed by atoms with Crippen molar-refractivity contribution in [3.8, 4) is 0 Å². The summed E-state index contributed by atoms with van der Waals surface area (Å²) in [6.45, 7) is 18.1. The number of amides is 2. The van der Waals surface area contributed by atoms with Gasteiger partial charge in [0.15, 0.2) is 0 Å². The summed E-state index contributed by atoms with van der Waals surface area (Å²) in [6.07, 6.45) is 5.18. The SMILES string of the molecule is CCOC(=O)[C@H]1[C@H]2C(=O)N([C@@H](CO)CC(C)C)[C@H](C(=O)NC(C)(C)CC(C)(C)C)[C@H]2C=C[C@H]1C. The molecule has 2 N–H and O–H groups in total. The molecule has 0 aromatic carbocycles. The van der Waals surface area contributed by atoms with Crippen molar-refractivity contribution in [3.63, 3.8) is 0 Å². The molecule has 0 saturated carbocycles. The Bertz CT molecular complexity index is 782. The minimum atomic E-state index is -0.784. The van der Waals surface area contributed by atoms with Gasteiger partial charge < -0.3 is 20.1 Å². The van der Waals surface area contributed by atoms with Crippen LogP contribution in [0.4, 0.5) is 0 Å². The highest BCUT2D eigenvalue weighted by molar-refractivity contribution is 5.96. The fourth-order valence-electron chi connectivity index (χ4n) is 6.13. The van der Waals surface area contributed by atoms with Crippen LogP contribution in [0.2, 0.25) is 0 Å². The van der Waals surface area contributed by atoms with Gasteiger partial charge in [-0.2, -0.15) is 0 Å². The van der Waals surface area contributed by atoms with Crippen LogP contribution in [0.25, 0.3) is 0 Å². The number of aliphatic hydroxyl groups excluding tert-OH is 1. The number of nitrogens with zero attached hydrogens (tertiary/aromatic N) is 1. The number of hydrogen-bond donors (Lipinski definition) is 2. The van der Waals surface area contributed by atoms with E-state index in [0.717, 1.165) is 6.42 Å². The molecular weight excluding hydrogens is 432 g/mol. The van der Waals surface area contributed by atoms with E-state index in [1.165, 1.54) is 0 Å². The van der Waals surface area contributed by atoms with Crippen molar-refractivity contribution < 1.29 is 24.2 Å². The van der Waals surface area contributed by atoms with Gasteiger partial charge in [0.1, 0.15) is 6.04 Å². The summed E-state index contributed by atoms with van der Waals surface area (Å²) in [5.74, 6) is -2.62. The van der Waals surface area contributed by atoms with E-state index in [9.17, 15) is 19.5 Å². The van der Waals surface area contributed by atoms with E-state index < -0.39 is 41.3 Å². The predicted octanol–water partition coefficient (Wildman–Crippen LogP) is 3.55. The van der Waals surface area contributed by atoms with Gasteiger partial charge in [-0.25, -0.2) is 0 Å². The minimum absolute atomic E-state index is 0.00491. The first-order valence-electron chi connectivity index (χ1n) is 12.7. The van der Waals surface area contributed by atoms with Crippen LogP contribution >= 0.6 is 0 Å². The summed E-state index contributed by atoms with van der Waals surface area (Å²) in [5, 5.41) is 13.4. The number of hydrogen-bond acceptors (Lipinski definition) is 5. The number of rotatable bonds is 9. The number of likely N-dealkylation sites (tertiary alicyclic amines) is 1. The van der Waals surface area contributed by atoms with Crippen LogP contribution in [0.5, 0.6) is 0 Å². The lowest BCUT2D eigenvalue weighted by Gasteiger charge is -2.38. The summed E-state index contributed by atoms with van der Waals surface area (Å²) < 4.78 is 5.33. The molecule has 7 nitrogen and oxygen atoms in total. The van der Waals surface area contributed by atoms with Crippen LogP contribution < -0.4 is 5.32 Å². The first-order chi connectivity index (χ1) is 15.6. The van der Waals surface area contributed by atoms with E-state index in [4.69, 9.17) is 4.74 Å². The number of nitrogens with one attached hydrogen (secondary N) is 1. The number of aliphatic hydroxyl groups is 1. The maximum absolute atomic E-state index is 13.9. The van der Waals surface area contributed by atoms with Gasteiger partial charge in [0.05, 0.1) is 31.1 Å². The summed E-state index contributed by atoms with van der Waals surface area (Å²) in [6, 6.07) is -1.28. The summed E-state index contributed by atoms with van der Waals surface area (Å²) in [5.41, 5.74) is -0.480. The van der Waals surface area contributed by atoms with Gasteiger partial charge in [0.25, 0.3) is 0 Å². The third-order valence-electron chi connectivity index (χ3n) is 6.82. The number of allylic oxidation sites excluding steroid dienone is 1. The van der Waals surface area contributed by atoms with E-state index in [2.05, 4.69) is 26.1 Å². The van der Waals surface area contributed by atoms with Crippen molar-refractivity contribution >= 4 is 17.8 Å². The van der Waals surface area contributed by atoms with Crippen molar-refractivity contribution in [3.05, 3.63) is 12.2 Å². The van der Waals surface area contributed by atoms with E-state index in [1.54, 1.807) is 11.8 Å². The second-order valence-corrected chi connectivity index (χ2v) is 12.4. The smallest absolute Gasteiger partial charge is 0.310 e. The molecule has 2 amide bonds. The normalized spacial score (nSPS) is 28.1. The first-order valence-corrected chi connectivity index (χ1v) is 12.7. The molecule has 1 saturated heterocycles. The van der Waals surface area contributed by atoms with Crippen LogP contribution in [-0.2, 0) is 19.1 Å². The van der Waals surface area contributed by atoms with E-state index in [-0.39, 0.29) is 42.3 Å². The van der Waals surface area contributed by atoms with E-state index in [1.807, 2.05) is 46.8 Å². The van der Waals surface area contributed by atoms with E-state index in [0.29, 0.717) is 6.42 Å². The standard InChI is InChI=1S/C27H46N2O5/c1-10-34-25(33)20-17(4)11-12-19-21(20)24(32)29(18(14-30)13-16(2)3)22(19)23(31)28-27(8,9)15-26(5,6)7/h11-12,16-22,30H,10,13-15H2,1-9H3,(H,28,31)/t17-,18-,19+,20-,21+,22+/m1/s1. The Hall–Kier alpha value is -1.89. The van der Waals surface area contributed by atoms with Gasteiger partial charge in [0, 0.05) is 11.5 Å². The lowest BCUT2D eigenvalue weighted by Crippen LogP contribution is -2.57.